The average Bonchev–Trinajstić information content (AvgIpc) is 2.42. The summed E-state index contributed by atoms with van der Waals surface area (Å²) in [5.41, 5.74) is 0.994. The third-order valence-electron chi connectivity index (χ3n) is 2.70. The molecule has 0 aliphatic heterocycles. The zero-order chi connectivity index (χ0) is 13.8. The van der Waals surface area contributed by atoms with Crippen molar-refractivity contribution in [2.24, 2.45) is 5.16 Å². The van der Waals surface area contributed by atoms with E-state index in [1.54, 1.807) is 24.3 Å². The maximum absolute atomic E-state index is 9.83. The molecule has 0 radical (unpaired) electrons. The van der Waals surface area contributed by atoms with Gasteiger partial charge in [-0.05, 0) is 24.3 Å². The van der Waals surface area contributed by atoms with Crippen molar-refractivity contribution in [1.29, 1.82) is 0 Å². The van der Waals surface area contributed by atoms with Crippen LogP contribution in [-0.2, 0) is 0 Å². The van der Waals surface area contributed by atoms with Gasteiger partial charge in [-0.15, -0.1) is 0 Å². The first-order valence-corrected chi connectivity index (χ1v) is 5.55. The van der Waals surface area contributed by atoms with Crippen LogP contribution in [0.1, 0.15) is 11.1 Å². The van der Waals surface area contributed by atoms with Gasteiger partial charge in [-0.3, -0.25) is 0 Å². The summed E-state index contributed by atoms with van der Waals surface area (Å²) in [5, 5.41) is 31.5. The molecule has 0 spiro atoms. The summed E-state index contributed by atoms with van der Waals surface area (Å²) in [6, 6.07) is 11.0. The van der Waals surface area contributed by atoms with Gasteiger partial charge >= 0.3 is 0 Å². The van der Waals surface area contributed by atoms with Crippen LogP contribution in [0.15, 0.2) is 47.6 Å². The number of nitrogens with zero attached hydrogens (tertiary/aromatic N) is 1. The van der Waals surface area contributed by atoms with Crippen molar-refractivity contribution in [3.05, 3.63) is 53.6 Å². The van der Waals surface area contributed by atoms with Crippen LogP contribution in [0.4, 0.5) is 0 Å². The summed E-state index contributed by atoms with van der Waals surface area (Å²) in [6.07, 6.45) is 0. The largest absolute Gasteiger partial charge is 0.508 e. The highest BCUT2D eigenvalue weighted by atomic mass is 16.5. The molecule has 2 aromatic rings. The van der Waals surface area contributed by atoms with E-state index >= 15 is 0 Å². The molecule has 0 saturated heterocycles. The standard InChI is InChI=1S/C14H13NO4/c1-19-13-5-3-2-4-11(13)14(15-18)10-7-6-9(16)8-12(10)17/h2-8,16-18H,1H3/b15-14-. The predicted molar refractivity (Wildman–Crippen MR) is 70.2 cm³/mol. The summed E-state index contributed by atoms with van der Waals surface area (Å²) in [6.45, 7) is 0. The van der Waals surface area contributed by atoms with E-state index in [-0.39, 0.29) is 17.2 Å². The lowest BCUT2D eigenvalue weighted by Crippen LogP contribution is -2.06. The Morgan fingerprint density at radius 1 is 1.05 bits per heavy atom. The minimum Gasteiger partial charge on any atom is -0.508 e. The molecule has 2 aromatic carbocycles. The van der Waals surface area contributed by atoms with Crippen LogP contribution in [0.25, 0.3) is 0 Å². The van der Waals surface area contributed by atoms with Crippen LogP contribution in [0.3, 0.4) is 0 Å². The maximum atomic E-state index is 9.83. The van der Waals surface area contributed by atoms with Gasteiger partial charge < -0.3 is 20.2 Å². The predicted octanol–water partition coefficient (Wildman–Crippen LogP) is 2.33. The molecule has 0 fully saturated rings. The molecular weight excluding hydrogens is 246 g/mol. The summed E-state index contributed by atoms with van der Waals surface area (Å²) in [4.78, 5) is 0. The van der Waals surface area contributed by atoms with E-state index in [0.717, 1.165) is 0 Å². The van der Waals surface area contributed by atoms with Crippen LogP contribution in [-0.4, -0.2) is 28.2 Å². The van der Waals surface area contributed by atoms with Gasteiger partial charge in [0.15, 0.2) is 0 Å². The Kier molecular flexibility index (Phi) is 3.56. The van der Waals surface area contributed by atoms with Crippen molar-refractivity contribution in [2.75, 3.05) is 7.11 Å². The zero-order valence-electron chi connectivity index (χ0n) is 10.2. The summed E-state index contributed by atoms with van der Waals surface area (Å²) >= 11 is 0. The number of phenols is 2. The van der Waals surface area contributed by atoms with Crippen LogP contribution in [0, 0.1) is 0 Å². The SMILES string of the molecule is COc1ccccc1/C(=N\O)c1ccc(O)cc1O. The number of methoxy groups -OCH3 is 1. The molecule has 0 bridgehead atoms. The second-order valence-electron chi connectivity index (χ2n) is 3.85. The molecule has 0 saturated carbocycles. The Hall–Kier alpha value is -2.69. The average molecular weight is 259 g/mol. The number of oxime groups is 1. The zero-order valence-corrected chi connectivity index (χ0v) is 10.2. The highest BCUT2D eigenvalue weighted by Gasteiger charge is 2.16. The Balaban J connectivity index is 2.57. The molecule has 5 heteroatoms. The van der Waals surface area contributed by atoms with Crippen molar-refractivity contribution in [1.82, 2.24) is 0 Å². The fraction of sp³-hybridized carbons (Fsp3) is 0.0714. The van der Waals surface area contributed by atoms with E-state index in [1.807, 2.05) is 0 Å². The van der Waals surface area contributed by atoms with Gasteiger partial charge in [0.1, 0.15) is 23.0 Å². The molecule has 0 heterocycles. The highest BCUT2D eigenvalue weighted by molar-refractivity contribution is 6.15. The van der Waals surface area contributed by atoms with Gasteiger partial charge in [0.2, 0.25) is 0 Å². The van der Waals surface area contributed by atoms with Crippen molar-refractivity contribution >= 4 is 5.71 Å². The third kappa shape index (κ3) is 2.44. The maximum Gasteiger partial charge on any atom is 0.128 e. The Morgan fingerprint density at radius 3 is 2.42 bits per heavy atom. The fourth-order valence-corrected chi connectivity index (χ4v) is 1.81. The molecule has 5 nitrogen and oxygen atoms in total. The smallest absolute Gasteiger partial charge is 0.128 e. The lowest BCUT2D eigenvalue weighted by atomic mass is 10.0. The van der Waals surface area contributed by atoms with Gasteiger partial charge in [0.25, 0.3) is 0 Å². The number of para-hydroxylation sites is 1. The number of rotatable bonds is 3. The second-order valence-corrected chi connectivity index (χ2v) is 3.85. The lowest BCUT2D eigenvalue weighted by Gasteiger charge is -2.11. The highest BCUT2D eigenvalue weighted by Crippen LogP contribution is 2.28. The van der Waals surface area contributed by atoms with Crippen LogP contribution >= 0.6 is 0 Å². The monoisotopic (exact) mass is 259 g/mol. The van der Waals surface area contributed by atoms with Gasteiger partial charge in [-0.1, -0.05) is 17.3 Å². The molecule has 19 heavy (non-hydrogen) atoms. The molecule has 2 rings (SSSR count). The van der Waals surface area contributed by atoms with E-state index in [0.29, 0.717) is 16.9 Å². The summed E-state index contributed by atoms with van der Waals surface area (Å²) in [7, 11) is 1.50. The quantitative estimate of drug-likeness (QED) is 0.449. The normalized spacial score (nSPS) is 11.3. The molecular formula is C14H13NO4. The molecule has 3 N–H and O–H groups in total. The van der Waals surface area contributed by atoms with Gasteiger partial charge in [-0.2, -0.15) is 0 Å². The number of aromatic hydroxyl groups is 2. The minimum absolute atomic E-state index is 0.0708. The number of ether oxygens (including phenoxy) is 1. The molecule has 98 valence electrons. The molecule has 0 amide bonds. The van der Waals surface area contributed by atoms with Crippen LogP contribution in [0.5, 0.6) is 17.2 Å². The van der Waals surface area contributed by atoms with Crippen molar-refractivity contribution in [3.8, 4) is 17.2 Å². The fourth-order valence-electron chi connectivity index (χ4n) is 1.81. The van der Waals surface area contributed by atoms with Gasteiger partial charge in [-0.25, -0.2) is 0 Å². The van der Waals surface area contributed by atoms with Crippen molar-refractivity contribution in [3.63, 3.8) is 0 Å². The molecule has 0 aliphatic rings. The summed E-state index contributed by atoms with van der Waals surface area (Å²) < 4.78 is 5.19. The molecule has 0 atom stereocenters. The Bertz CT molecular complexity index is 623. The van der Waals surface area contributed by atoms with E-state index in [2.05, 4.69) is 5.16 Å². The van der Waals surface area contributed by atoms with E-state index in [1.165, 1.54) is 25.3 Å². The Morgan fingerprint density at radius 2 is 1.79 bits per heavy atom. The van der Waals surface area contributed by atoms with Crippen molar-refractivity contribution in [2.45, 2.75) is 0 Å². The second kappa shape index (κ2) is 5.30. The van der Waals surface area contributed by atoms with E-state index in [4.69, 9.17) is 4.74 Å². The van der Waals surface area contributed by atoms with Crippen LogP contribution in [0.2, 0.25) is 0 Å². The first-order valence-electron chi connectivity index (χ1n) is 5.55. The number of phenolic OH excluding ortho intramolecular Hbond substituents is 2. The van der Waals surface area contributed by atoms with E-state index < -0.39 is 0 Å². The summed E-state index contributed by atoms with van der Waals surface area (Å²) in [5.74, 6) is 0.264. The molecule has 0 unspecified atom stereocenters. The topological polar surface area (TPSA) is 82.3 Å². The third-order valence-corrected chi connectivity index (χ3v) is 2.70. The molecule has 0 aliphatic carbocycles. The van der Waals surface area contributed by atoms with Gasteiger partial charge in [0, 0.05) is 17.2 Å². The minimum atomic E-state index is -0.182. The number of benzene rings is 2. The van der Waals surface area contributed by atoms with E-state index in [9.17, 15) is 15.4 Å². The number of hydrogen-bond acceptors (Lipinski definition) is 5. The first kappa shape index (κ1) is 12.8. The van der Waals surface area contributed by atoms with Crippen LogP contribution < -0.4 is 4.74 Å². The van der Waals surface area contributed by atoms with Crippen molar-refractivity contribution < 1.29 is 20.2 Å². The molecule has 0 aromatic heterocycles. The Labute approximate surface area is 110 Å². The lowest BCUT2D eigenvalue weighted by molar-refractivity contribution is 0.319. The number of hydrogen-bond donors (Lipinski definition) is 3. The van der Waals surface area contributed by atoms with Gasteiger partial charge in [0.05, 0.1) is 7.11 Å². The first-order chi connectivity index (χ1) is 9.17.